The third kappa shape index (κ3) is 3.94. The second-order valence-corrected chi connectivity index (χ2v) is 7.19. The highest BCUT2D eigenvalue weighted by atomic mass is 32.1. The van der Waals surface area contributed by atoms with Gasteiger partial charge in [0.25, 0.3) is 16.9 Å². The molecule has 2 amide bonds. The number of methoxy groups -OCH3 is 1. The standard InChI is InChI=1S/C19H17N5O3S/c1-27-12-6-4-5-11(9-12)20-17(26)14-10-16(25)23-18(21-14)24-19-22-13-7-2-3-8-15(13)28-19/h2-9,14H,10H2,1H3,(H,20,26)(H2,21,22,23,24,25)/p+1/t14-/m1/s1. The van der Waals surface area contributed by atoms with Crippen molar-refractivity contribution >= 4 is 50.1 Å². The molecule has 0 spiro atoms. The number of para-hydroxylation sites is 1. The smallest absolute Gasteiger partial charge is 0.358 e. The summed E-state index contributed by atoms with van der Waals surface area (Å²) in [6.07, 6.45) is 0.0286. The second-order valence-electron chi connectivity index (χ2n) is 6.16. The summed E-state index contributed by atoms with van der Waals surface area (Å²) in [6.45, 7) is 0. The van der Waals surface area contributed by atoms with Crippen molar-refractivity contribution in [2.45, 2.75) is 12.5 Å². The number of fused-ring (bicyclic) bond motifs is 1. The van der Waals surface area contributed by atoms with E-state index in [4.69, 9.17) is 4.74 Å². The van der Waals surface area contributed by atoms with Crippen LogP contribution < -0.4 is 25.7 Å². The van der Waals surface area contributed by atoms with E-state index in [1.54, 1.807) is 31.4 Å². The number of aromatic nitrogens is 1. The van der Waals surface area contributed by atoms with Crippen LogP contribution in [0.25, 0.3) is 10.2 Å². The normalized spacial score (nSPS) is 16.2. The highest BCUT2D eigenvalue weighted by Gasteiger charge is 2.31. The third-order valence-electron chi connectivity index (χ3n) is 4.15. The van der Waals surface area contributed by atoms with Crippen LogP contribution in [0, 0.1) is 0 Å². The predicted octanol–water partition coefficient (Wildman–Crippen LogP) is 0.681. The number of thiazole rings is 1. The van der Waals surface area contributed by atoms with Crippen LogP contribution >= 0.6 is 11.3 Å². The number of amides is 2. The van der Waals surface area contributed by atoms with Gasteiger partial charge in [0.05, 0.1) is 23.7 Å². The summed E-state index contributed by atoms with van der Waals surface area (Å²) in [5, 5.41) is 9.17. The zero-order valence-electron chi connectivity index (χ0n) is 15.0. The van der Waals surface area contributed by atoms with E-state index in [0.29, 0.717) is 22.5 Å². The van der Waals surface area contributed by atoms with Crippen molar-refractivity contribution in [3.05, 3.63) is 48.5 Å². The van der Waals surface area contributed by atoms with Crippen molar-refractivity contribution in [2.24, 2.45) is 0 Å². The lowest BCUT2D eigenvalue weighted by molar-refractivity contribution is -0.490. The van der Waals surface area contributed by atoms with Crippen LogP contribution in [0.5, 0.6) is 5.75 Å². The maximum absolute atomic E-state index is 12.6. The van der Waals surface area contributed by atoms with Crippen LogP contribution in [0.1, 0.15) is 6.42 Å². The number of benzene rings is 2. The average Bonchev–Trinajstić information content (AvgIpc) is 3.09. The molecule has 8 nitrogen and oxygen atoms in total. The largest absolute Gasteiger partial charge is 0.497 e. The van der Waals surface area contributed by atoms with Crippen molar-refractivity contribution in [1.29, 1.82) is 0 Å². The fraction of sp³-hybridized carbons (Fsp3) is 0.158. The lowest BCUT2D eigenvalue weighted by atomic mass is 10.1. The van der Waals surface area contributed by atoms with Crippen LogP contribution in [0.4, 0.5) is 10.8 Å². The van der Waals surface area contributed by atoms with E-state index in [0.717, 1.165) is 10.2 Å². The van der Waals surface area contributed by atoms with Gasteiger partial charge in [-0.05, 0) is 24.3 Å². The number of hydrogen-bond acceptors (Lipinski definition) is 6. The van der Waals surface area contributed by atoms with E-state index in [1.165, 1.54) is 11.3 Å². The number of guanidine groups is 1. The Labute approximate surface area is 164 Å². The number of ether oxygens (including phenoxy) is 1. The van der Waals surface area contributed by atoms with Crippen molar-refractivity contribution in [3.63, 3.8) is 0 Å². The molecule has 0 bridgehead atoms. The molecule has 1 aliphatic rings. The summed E-state index contributed by atoms with van der Waals surface area (Å²) in [6, 6.07) is 14.1. The van der Waals surface area contributed by atoms with Crippen molar-refractivity contribution < 1.29 is 19.3 Å². The summed E-state index contributed by atoms with van der Waals surface area (Å²) in [5.41, 5.74) is 1.46. The zero-order valence-corrected chi connectivity index (χ0v) is 15.8. The minimum Gasteiger partial charge on any atom is -0.497 e. The monoisotopic (exact) mass is 396 g/mol. The molecule has 2 aromatic carbocycles. The second kappa shape index (κ2) is 7.65. The van der Waals surface area contributed by atoms with Gasteiger partial charge in [-0.3, -0.25) is 14.6 Å². The number of anilines is 2. The van der Waals surface area contributed by atoms with Gasteiger partial charge in [0.2, 0.25) is 0 Å². The maximum Gasteiger partial charge on any atom is 0.358 e. The first-order valence-electron chi connectivity index (χ1n) is 8.61. The molecule has 1 aromatic heterocycles. The van der Waals surface area contributed by atoms with E-state index >= 15 is 0 Å². The molecular weight excluding hydrogens is 378 g/mol. The van der Waals surface area contributed by atoms with Crippen LogP contribution in [0.3, 0.4) is 0 Å². The number of carbonyl (C=O) groups excluding carboxylic acids is 2. The van der Waals surface area contributed by atoms with Crippen LogP contribution in [0.2, 0.25) is 0 Å². The van der Waals surface area contributed by atoms with Crippen LogP contribution in [-0.4, -0.2) is 35.9 Å². The molecular formula is C19H18N5O3S+. The Morgan fingerprint density at radius 2 is 2.14 bits per heavy atom. The van der Waals surface area contributed by atoms with E-state index < -0.39 is 6.04 Å². The molecule has 0 aliphatic carbocycles. The topological polar surface area (TPSA) is 106 Å². The van der Waals surface area contributed by atoms with E-state index in [1.807, 2.05) is 24.3 Å². The average molecular weight is 396 g/mol. The van der Waals surface area contributed by atoms with Gasteiger partial charge in [-0.2, -0.15) is 0 Å². The molecule has 0 radical (unpaired) electrons. The first-order chi connectivity index (χ1) is 13.6. The quantitative estimate of drug-likeness (QED) is 0.519. The fourth-order valence-corrected chi connectivity index (χ4v) is 3.70. The summed E-state index contributed by atoms with van der Waals surface area (Å²) >= 11 is 1.46. The fourth-order valence-electron chi connectivity index (χ4n) is 2.83. The Morgan fingerprint density at radius 3 is 2.96 bits per heavy atom. The molecule has 2 heterocycles. The Hall–Kier alpha value is -3.46. The minimum atomic E-state index is -0.711. The molecule has 4 rings (SSSR count). The van der Waals surface area contributed by atoms with Crippen LogP contribution in [-0.2, 0) is 9.59 Å². The lowest BCUT2D eigenvalue weighted by Crippen LogP contribution is -2.89. The number of carbonyl (C=O) groups is 2. The number of nitrogens with zero attached hydrogens (tertiary/aromatic N) is 1. The SMILES string of the molecule is COc1cccc(NC(=O)[C@H]2CC(=O)NC(Nc3nc4ccccc4s3)=[NH+]2)c1. The van der Waals surface area contributed by atoms with Crippen molar-refractivity contribution in [2.75, 3.05) is 17.7 Å². The van der Waals surface area contributed by atoms with Gasteiger partial charge in [0.1, 0.15) is 5.75 Å². The summed E-state index contributed by atoms with van der Waals surface area (Å²) in [5.74, 6) is 0.401. The van der Waals surface area contributed by atoms with E-state index in [2.05, 4.69) is 25.9 Å². The zero-order chi connectivity index (χ0) is 19.5. The van der Waals surface area contributed by atoms with Crippen molar-refractivity contribution in [1.82, 2.24) is 10.3 Å². The highest BCUT2D eigenvalue weighted by molar-refractivity contribution is 7.22. The Morgan fingerprint density at radius 1 is 1.29 bits per heavy atom. The van der Waals surface area contributed by atoms with Gasteiger partial charge in [-0.25, -0.2) is 15.6 Å². The van der Waals surface area contributed by atoms with Gasteiger partial charge in [-0.1, -0.05) is 29.5 Å². The Kier molecular flexibility index (Phi) is 4.90. The van der Waals surface area contributed by atoms with Gasteiger partial charge in [0, 0.05) is 11.8 Å². The number of rotatable bonds is 4. The molecule has 4 N–H and O–H groups in total. The predicted molar refractivity (Wildman–Crippen MR) is 107 cm³/mol. The molecule has 0 saturated heterocycles. The van der Waals surface area contributed by atoms with Gasteiger partial charge >= 0.3 is 5.96 Å². The Balaban J connectivity index is 1.50. The van der Waals surface area contributed by atoms with Crippen molar-refractivity contribution in [3.8, 4) is 5.75 Å². The summed E-state index contributed by atoms with van der Waals surface area (Å²) < 4.78 is 6.18. The summed E-state index contributed by atoms with van der Waals surface area (Å²) in [7, 11) is 1.56. The summed E-state index contributed by atoms with van der Waals surface area (Å²) in [4.78, 5) is 32.2. The first-order valence-corrected chi connectivity index (χ1v) is 9.43. The molecule has 0 unspecified atom stereocenters. The van der Waals surface area contributed by atoms with Gasteiger partial charge < -0.3 is 10.1 Å². The molecule has 1 atom stereocenters. The molecule has 142 valence electrons. The van der Waals surface area contributed by atoms with E-state index in [-0.39, 0.29) is 18.2 Å². The Bertz CT molecular complexity index is 1050. The van der Waals surface area contributed by atoms with Gasteiger partial charge in [-0.15, -0.1) is 0 Å². The number of nitrogens with one attached hydrogen (secondary N) is 4. The first kappa shape index (κ1) is 17.9. The van der Waals surface area contributed by atoms with Gasteiger partial charge in [0.15, 0.2) is 6.04 Å². The minimum absolute atomic E-state index is 0.0286. The third-order valence-corrected chi connectivity index (χ3v) is 5.10. The number of hydrogen-bond donors (Lipinski definition) is 4. The molecule has 0 saturated carbocycles. The molecule has 9 heteroatoms. The van der Waals surface area contributed by atoms with E-state index in [9.17, 15) is 9.59 Å². The highest BCUT2D eigenvalue weighted by Crippen LogP contribution is 2.25. The molecule has 0 fully saturated rings. The molecule has 28 heavy (non-hydrogen) atoms. The maximum atomic E-state index is 12.6. The molecule has 3 aromatic rings. The molecule has 1 aliphatic heterocycles. The lowest BCUT2D eigenvalue weighted by Gasteiger charge is -2.16. The van der Waals surface area contributed by atoms with Crippen LogP contribution in [0.15, 0.2) is 48.5 Å².